The summed E-state index contributed by atoms with van der Waals surface area (Å²) in [6.07, 6.45) is 0. The molecule has 15 heavy (non-hydrogen) atoms. The lowest BCUT2D eigenvalue weighted by molar-refractivity contribution is -0.138. The number of nitrogens with one attached hydrogen (secondary N) is 1. The van der Waals surface area contributed by atoms with Crippen LogP contribution in [0.4, 0.5) is 5.13 Å². The molecular weight excluding hydrogens is 214 g/mol. The van der Waals surface area contributed by atoms with E-state index in [2.05, 4.69) is 10.3 Å². The predicted molar refractivity (Wildman–Crippen MR) is 58.5 cm³/mol. The summed E-state index contributed by atoms with van der Waals surface area (Å²) < 4.78 is 0. The van der Waals surface area contributed by atoms with Crippen molar-refractivity contribution in [1.29, 1.82) is 0 Å². The lowest BCUT2D eigenvalue weighted by Crippen LogP contribution is -2.55. The Morgan fingerprint density at radius 2 is 2.60 bits per heavy atom. The van der Waals surface area contributed by atoms with Gasteiger partial charge in [0.15, 0.2) is 5.13 Å². The number of carboxylic acids is 1. The van der Waals surface area contributed by atoms with Gasteiger partial charge in [-0.3, -0.25) is 0 Å². The Kier molecular flexibility index (Phi) is 2.88. The molecule has 1 aliphatic rings. The Balaban J connectivity index is 2.21. The molecule has 2 rings (SSSR count). The Labute approximate surface area is 91.7 Å². The molecular formula is C9H13N3O2S. The van der Waals surface area contributed by atoms with Gasteiger partial charge in [0.2, 0.25) is 0 Å². The molecule has 82 valence electrons. The van der Waals surface area contributed by atoms with E-state index in [0.717, 1.165) is 17.4 Å². The first-order chi connectivity index (χ1) is 7.18. The second-order valence-corrected chi connectivity index (χ2v) is 4.36. The zero-order chi connectivity index (χ0) is 10.8. The second kappa shape index (κ2) is 4.16. The molecule has 2 heterocycles. The maximum Gasteiger partial charge on any atom is 0.327 e. The van der Waals surface area contributed by atoms with E-state index in [-0.39, 0.29) is 0 Å². The van der Waals surface area contributed by atoms with Gasteiger partial charge in [-0.15, -0.1) is 11.3 Å². The van der Waals surface area contributed by atoms with Crippen LogP contribution >= 0.6 is 11.3 Å². The third-order valence-electron chi connectivity index (χ3n) is 2.38. The molecule has 6 heteroatoms. The zero-order valence-electron chi connectivity index (χ0n) is 8.43. The van der Waals surface area contributed by atoms with E-state index in [1.807, 2.05) is 17.2 Å². The van der Waals surface area contributed by atoms with Crippen molar-refractivity contribution in [2.45, 2.75) is 13.0 Å². The molecule has 1 fully saturated rings. The monoisotopic (exact) mass is 227 g/mol. The van der Waals surface area contributed by atoms with Crippen molar-refractivity contribution in [2.24, 2.45) is 0 Å². The molecule has 0 aromatic carbocycles. The molecule has 2 N–H and O–H groups in total. The van der Waals surface area contributed by atoms with Crippen LogP contribution in [-0.4, -0.2) is 41.7 Å². The van der Waals surface area contributed by atoms with Gasteiger partial charge in [0, 0.05) is 25.0 Å². The molecule has 1 aliphatic heterocycles. The fourth-order valence-electron chi connectivity index (χ4n) is 1.63. The number of nitrogens with zero attached hydrogens (tertiary/aromatic N) is 2. The van der Waals surface area contributed by atoms with Gasteiger partial charge in [-0.25, -0.2) is 9.78 Å². The average Bonchev–Trinajstić information content (AvgIpc) is 2.65. The molecule has 1 aromatic rings. The molecule has 0 saturated carbocycles. The van der Waals surface area contributed by atoms with Crippen LogP contribution in [0.25, 0.3) is 0 Å². The quantitative estimate of drug-likeness (QED) is 0.761. The van der Waals surface area contributed by atoms with Crippen molar-refractivity contribution in [2.75, 3.05) is 24.5 Å². The standard InChI is InChI=1S/C9H13N3O2S/c1-6-5-15-9(11-6)12-3-2-10-4-7(12)8(13)14/h5,7,10H,2-4H2,1H3,(H,13,14). The number of hydrogen-bond donors (Lipinski definition) is 2. The summed E-state index contributed by atoms with van der Waals surface area (Å²) in [4.78, 5) is 17.2. The number of carbonyl (C=O) groups is 1. The third-order valence-corrected chi connectivity index (χ3v) is 3.38. The van der Waals surface area contributed by atoms with Gasteiger partial charge < -0.3 is 15.3 Å². The minimum atomic E-state index is -0.796. The summed E-state index contributed by atoms with van der Waals surface area (Å²) in [5.74, 6) is -0.796. The van der Waals surface area contributed by atoms with Crippen LogP contribution in [-0.2, 0) is 4.79 Å². The molecule has 5 nitrogen and oxygen atoms in total. The van der Waals surface area contributed by atoms with Gasteiger partial charge in [-0.2, -0.15) is 0 Å². The van der Waals surface area contributed by atoms with Crippen molar-refractivity contribution in [3.05, 3.63) is 11.1 Å². The fraction of sp³-hybridized carbons (Fsp3) is 0.556. The van der Waals surface area contributed by atoms with Gasteiger partial charge in [-0.1, -0.05) is 0 Å². The van der Waals surface area contributed by atoms with Gasteiger partial charge >= 0.3 is 5.97 Å². The van der Waals surface area contributed by atoms with E-state index >= 15 is 0 Å². The SMILES string of the molecule is Cc1csc(N2CCNCC2C(=O)O)n1. The number of rotatable bonds is 2. The minimum Gasteiger partial charge on any atom is -0.480 e. The largest absolute Gasteiger partial charge is 0.480 e. The van der Waals surface area contributed by atoms with Crippen LogP contribution in [0.15, 0.2) is 5.38 Å². The Morgan fingerprint density at radius 3 is 3.20 bits per heavy atom. The highest BCUT2D eigenvalue weighted by molar-refractivity contribution is 7.13. The molecule has 0 aliphatic carbocycles. The van der Waals surface area contributed by atoms with E-state index < -0.39 is 12.0 Å². The molecule has 1 saturated heterocycles. The smallest absolute Gasteiger partial charge is 0.327 e. The first-order valence-electron chi connectivity index (χ1n) is 4.81. The molecule has 1 atom stereocenters. The van der Waals surface area contributed by atoms with Crippen LogP contribution in [0.5, 0.6) is 0 Å². The lowest BCUT2D eigenvalue weighted by atomic mass is 10.2. The number of thiazole rings is 1. The average molecular weight is 227 g/mol. The molecule has 0 radical (unpaired) electrons. The normalized spacial score (nSPS) is 21.7. The molecule has 1 unspecified atom stereocenters. The Morgan fingerprint density at radius 1 is 1.80 bits per heavy atom. The highest BCUT2D eigenvalue weighted by atomic mass is 32.1. The van der Waals surface area contributed by atoms with E-state index in [4.69, 9.17) is 5.11 Å². The number of aromatic nitrogens is 1. The topological polar surface area (TPSA) is 65.5 Å². The highest BCUT2D eigenvalue weighted by Gasteiger charge is 2.29. The molecule has 0 amide bonds. The summed E-state index contributed by atoms with van der Waals surface area (Å²) >= 11 is 1.50. The molecule has 0 bridgehead atoms. The number of hydrogen-bond acceptors (Lipinski definition) is 5. The van der Waals surface area contributed by atoms with Crippen LogP contribution < -0.4 is 10.2 Å². The molecule has 0 spiro atoms. The number of aliphatic carboxylic acids is 1. The van der Waals surface area contributed by atoms with Crippen molar-refractivity contribution in [3.63, 3.8) is 0 Å². The van der Waals surface area contributed by atoms with Crippen LogP contribution in [0.3, 0.4) is 0 Å². The van der Waals surface area contributed by atoms with E-state index in [1.165, 1.54) is 11.3 Å². The number of aryl methyl sites for hydroxylation is 1. The van der Waals surface area contributed by atoms with E-state index in [1.54, 1.807) is 0 Å². The van der Waals surface area contributed by atoms with Crippen molar-refractivity contribution >= 4 is 22.4 Å². The zero-order valence-corrected chi connectivity index (χ0v) is 9.25. The summed E-state index contributed by atoms with van der Waals surface area (Å²) in [6, 6.07) is -0.496. The Bertz CT molecular complexity index is 366. The predicted octanol–water partition coefficient (Wildman–Crippen LogP) is 0.314. The van der Waals surface area contributed by atoms with Gasteiger partial charge in [0.05, 0.1) is 5.69 Å². The first kappa shape index (κ1) is 10.4. The maximum atomic E-state index is 11.0. The fourth-order valence-corrected chi connectivity index (χ4v) is 2.51. The minimum absolute atomic E-state index is 0.480. The Hall–Kier alpha value is -1.14. The van der Waals surface area contributed by atoms with Gasteiger partial charge in [-0.05, 0) is 6.92 Å². The summed E-state index contributed by atoms with van der Waals surface area (Å²) in [5.41, 5.74) is 0.942. The summed E-state index contributed by atoms with van der Waals surface area (Å²) in [6.45, 7) is 3.90. The highest BCUT2D eigenvalue weighted by Crippen LogP contribution is 2.22. The van der Waals surface area contributed by atoms with Gasteiger partial charge in [0.25, 0.3) is 0 Å². The van der Waals surface area contributed by atoms with Crippen LogP contribution in [0.1, 0.15) is 5.69 Å². The number of carboxylic acid groups (broad SMARTS) is 1. The van der Waals surface area contributed by atoms with Crippen LogP contribution in [0, 0.1) is 6.92 Å². The second-order valence-electron chi connectivity index (χ2n) is 3.52. The number of anilines is 1. The number of piperazine rings is 1. The summed E-state index contributed by atoms with van der Waals surface area (Å²) in [7, 11) is 0. The molecule has 1 aromatic heterocycles. The third kappa shape index (κ3) is 2.10. The lowest BCUT2D eigenvalue weighted by Gasteiger charge is -2.33. The first-order valence-corrected chi connectivity index (χ1v) is 5.69. The van der Waals surface area contributed by atoms with Crippen molar-refractivity contribution in [1.82, 2.24) is 10.3 Å². The van der Waals surface area contributed by atoms with Gasteiger partial charge in [0.1, 0.15) is 6.04 Å². The maximum absolute atomic E-state index is 11.0. The van der Waals surface area contributed by atoms with Crippen LogP contribution in [0.2, 0.25) is 0 Å². The van der Waals surface area contributed by atoms with Crippen molar-refractivity contribution < 1.29 is 9.90 Å². The van der Waals surface area contributed by atoms with E-state index in [9.17, 15) is 4.79 Å². The van der Waals surface area contributed by atoms with Crippen molar-refractivity contribution in [3.8, 4) is 0 Å². The van der Waals surface area contributed by atoms with E-state index in [0.29, 0.717) is 13.1 Å². The summed E-state index contributed by atoms with van der Waals surface area (Å²) in [5, 5.41) is 14.9.